The van der Waals surface area contributed by atoms with Crippen LogP contribution in [0.25, 0.3) is 0 Å². The lowest BCUT2D eigenvalue weighted by molar-refractivity contribution is 0.309. The Morgan fingerprint density at radius 3 is 1.60 bits per heavy atom. The molecule has 0 amide bonds. The first-order valence-corrected chi connectivity index (χ1v) is 4.91. The van der Waals surface area contributed by atoms with Crippen LogP contribution >= 0.6 is 11.6 Å². The molecule has 0 saturated heterocycles. The minimum atomic E-state index is -0.568. The lowest BCUT2D eigenvalue weighted by atomic mass is 10.3. The molecule has 0 aromatic rings. The average molecular weight is 185 g/mol. The summed E-state index contributed by atoms with van der Waals surface area (Å²) in [5.41, 5.74) is 0. The molecule has 0 aliphatic carbocycles. The molecular weight excluding hydrogens is 168 g/mol. The summed E-state index contributed by atoms with van der Waals surface area (Å²) in [6.45, 7) is 4.18. The molecule has 0 N–H and O–H groups in total. The molecule has 4 heteroatoms. The SMILES string of the molecule is CC(C)CCl.CO[SiH2]OC. The van der Waals surface area contributed by atoms with Crippen LogP contribution in [0, 0.1) is 5.92 Å². The van der Waals surface area contributed by atoms with Crippen LogP contribution in [0.1, 0.15) is 13.8 Å². The lowest BCUT2D eigenvalue weighted by Gasteiger charge is -1.88. The van der Waals surface area contributed by atoms with E-state index in [9.17, 15) is 0 Å². The molecule has 0 aromatic carbocycles. The van der Waals surface area contributed by atoms with E-state index in [1.807, 2.05) is 0 Å². The fraction of sp³-hybridized carbons (Fsp3) is 1.00. The van der Waals surface area contributed by atoms with Crippen molar-refractivity contribution in [1.29, 1.82) is 0 Å². The average Bonchev–Trinajstić information content (AvgIpc) is 1.91. The zero-order valence-electron chi connectivity index (χ0n) is 7.19. The first-order chi connectivity index (χ1) is 4.68. The third-order valence-electron chi connectivity index (χ3n) is 0.544. The van der Waals surface area contributed by atoms with E-state index in [0.29, 0.717) is 5.92 Å². The Hall–Kier alpha value is 0.427. The smallest absolute Gasteiger partial charge is 0.303 e. The summed E-state index contributed by atoms with van der Waals surface area (Å²) in [4.78, 5) is 0. The van der Waals surface area contributed by atoms with Crippen LogP contribution in [0.15, 0.2) is 0 Å². The van der Waals surface area contributed by atoms with Gasteiger partial charge in [0.2, 0.25) is 0 Å². The van der Waals surface area contributed by atoms with Gasteiger partial charge in [0.15, 0.2) is 0 Å². The Bertz CT molecular complexity index is 51.0. The van der Waals surface area contributed by atoms with E-state index in [-0.39, 0.29) is 0 Å². The number of hydrogen-bond acceptors (Lipinski definition) is 2. The predicted molar refractivity (Wildman–Crippen MR) is 48.1 cm³/mol. The highest BCUT2D eigenvalue weighted by Gasteiger charge is 1.82. The minimum absolute atomic E-state index is 0.568. The molecule has 0 rings (SSSR count). The van der Waals surface area contributed by atoms with E-state index in [1.165, 1.54) is 0 Å². The van der Waals surface area contributed by atoms with Crippen LogP contribution in [-0.4, -0.2) is 30.1 Å². The number of hydrogen-bond donors (Lipinski definition) is 0. The van der Waals surface area contributed by atoms with Crippen molar-refractivity contribution < 1.29 is 8.85 Å². The summed E-state index contributed by atoms with van der Waals surface area (Å²) in [5.74, 6) is 1.43. The maximum absolute atomic E-state index is 5.34. The van der Waals surface area contributed by atoms with E-state index in [2.05, 4.69) is 22.7 Å². The maximum atomic E-state index is 5.34. The largest absolute Gasteiger partial charge is 0.402 e. The molecule has 2 nitrogen and oxygen atoms in total. The Kier molecular flexibility index (Phi) is 15.8. The lowest BCUT2D eigenvalue weighted by Crippen LogP contribution is -1.93. The summed E-state index contributed by atoms with van der Waals surface area (Å²) >= 11 is 5.34. The van der Waals surface area contributed by atoms with Gasteiger partial charge in [0.1, 0.15) is 0 Å². The highest BCUT2D eigenvalue weighted by Crippen LogP contribution is 1.91. The van der Waals surface area contributed by atoms with Gasteiger partial charge in [0, 0.05) is 20.1 Å². The third-order valence-corrected chi connectivity index (χ3v) is 1.63. The van der Waals surface area contributed by atoms with E-state index < -0.39 is 10.0 Å². The molecule has 0 aliphatic heterocycles. The standard InChI is InChI=1S/C4H9Cl.C2H8O2Si/c1-4(2)3-5;1-3-5-4-2/h4H,3H2,1-2H3;5H2,1-2H3. The molecule has 0 heterocycles. The van der Waals surface area contributed by atoms with Crippen LogP contribution in [-0.2, 0) is 8.85 Å². The van der Waals surface area contributed by atoms with Crippen LogP contribution < -0.4 is 0 Å². The second-order valence-corrected chi connectivity index (χ2v) is 3.94. The van der Waals surface area contributed by atoms with Crippen molar-refractivity contribution in [3.8, 4) is 0 Å². The van der Waals surface area contributed by atoms with E-state index in [1.54, 1.807) is 14.2 Å². The molecule has 0 unspecified atom stereocenters. The predicted octanol–water partition coefficient (Wildman–Crippen LogP) is 1.16. The quantitative estimate of drug-likeness (QED) is 0.484. The molecule has 0 bridgehead atoms. The highest BCUT2D eigenvalue weighted by molar-refractivity contribution is 6.18. The monoisotopic (exact) mass is 184 g/mol. The van der Waals surface area contributed by atoms with Crippen LogP contribution in [0.4, 0.5) is 0 Å². The van der Waals surface area contributed by atoms with Gasteiger partial charge in [-0.05, 0) is 5.92 Å². The van der Waals surface area contributed by atoms with Gasteiger partial charge in [-0.15, -0.1) is 11.6 Å². The summed E-state index contributed by atoms with van der Waals surface area (Å²) in [6, 6.07) is 0. The van der Waals surface area contributed by atoms with Crippen molar-refractivity contribution in [3.63, 3.8) is 0 Å². The molecule has 0 radical (unpaired) electrons. The van der Waals surface area contributed by atoms with Crippen molar-refractivity contribution in [1.82, 2.24) is 0 Å². The molecule has 0 spiro atoms. The normalized spacial score (nSPS) is 9.00. The van der Waals surface area contributed by atoms with Crippen LogP contribution in [0.3, 0.4) is 0 Å². The molecular formula is C6H17ClO2Si. The maximum Gasteiger partial charge on any atom is 0.303 e. The van der Waals surface area contributed by atoms with Crippen molar-refractivity contribution in [2.75, 3.05) is 20.1 Å². The van der Waals surface area contributed by atoms with Crippen LogP contribution in [0.5, 0.6) is 0 Å². The summed E-state index contributed by atoms with van der Waals surface area (Å²) in [5, 5.41) is 0. The van der Waals surface area contributed by atoms with E-state index in [0.717, 1.165) is 5.88 Å². The van der Waals surface area contributed by atoms with Gasteiger partial charge in [-0.2, -0.15) is 0 Å². The van der Waals surface area contributed by atoms with Gasteiger partial charge in [0.25, 0.3) is 0 Å². The first-order valence-electron chi connectivity index (χ1n) is 3.22. The van der Waals surface area contributed by atoms with E-state index in [4.69, 9.17) is 11.6 Å². The van der Waals surface area contributed by atoms with Crippen molar-refractivity contribution in [2.45, 2.75) is 13.8 Å². The molecule has 0 saturated carbocycles. The zero-order valence-corrected chi connectivity index (χ0v) is 9.36. The van der Waals surface area contributed by atoms with Gasteiger partial charge in [-0.3, -0.25) is 0 Å². The summed E-state index contributed by atoms with van der Waals surface area (Å²) in [7, 11) is 2.73. The van der Waals surface area contributed by atoms with Crippen molar-refractivity contribution >= 4 is 21.6 Å². The van der Waals surface area contributed by atoms with Crippen LogP contribution in [0.2, 0.25) is 0 Å². The van der Waals surface area contributed by atoms with Gasteiger partial charge < -0.3 is 8.85 Å². The highest BCUT2D eigenvalue weighted by atomic mass is 35.5. The zero-order chi connectivity index (χ0) is 8.41. The second kappa shape index (κ2) is 12.1. The fourth-order valence-electron chi connectivity index (χ4n) is 0.118. The molecule has 0 aliphatic rings. The van der Waals surface area contributed by atoms with Gasteiger partial charge >= 0.3 is 10.0 Å². The third kappa shape index (κ3) is 23.7. The molecule has 64 valence electrons. The molecule has 0 fully saturated rings. The van der Waals surface area contributed by atoms with Gasteiger partial charge in [0.05, 0.1) is 0 Å². The Morgan fingerprint density at radius 1 is 1.30 bits per heavy atom. The van der Waals surface area contributed by atoms with E-state index >= 15 is 0 Å². The number of rotatable bonds is 3. The summed E-state index contributed by atoms with van der Waals surface area (Å²) < 4.78 is 9.22. The summed E-state index contributed by atoms with van der Waals surface area (Å²) in [6.07, 6.45) is 0. The van der Waals surface area contributed by atoms with Gasteiger partial charge in [-0.25, -0.2) is 0 Å². The molecule has 0 aromatic heterocycles. The van der Waals surface area contributed by atoms with Gasteiger partial charge in [-0.1, -0.05) is 13.8 Å². The Labute approximate surface area is 70.9 Å². The fourth-order valence-corrected chi connectivity index (χ4v) is 0.354. The topological polar surface area (TPSA) is 18.5 Å². The minimum Gasteiger partial charge on any atom is -0.402 e. The Morgan fingerprint density at radius 2 is 1.60 bits per heavy atom. The Balaban J connectivity index is 0. The first kappa shape index (κ1) is 13.0. The molecule has 0 atom stereocenters. The van der Waals surface area contributed by atoms with Crippen molar-refractivity contribution in [2.24, 2.45) is 5.92 Å². The number of halogens is 1. The van der Waals surface area contributed by atoms with Crippen molar-refractivity contribution in [3.05, 3.63) is 0 Å². The second-order valence-electron chi connectivity index (χ2n) is 2.24. The molecule has 10 heavy (non-hydrogen) atoms. The number of alkyl halides is 1.